The Morgan fingerprint density at radius 1 is 1.15 bits per heavy atom. The first-order chi connectivity index (χ1) is 13.0. The van der Waals surface area contributed by atoms with E-state index in [0.717, 1.165) is 6.42 Å². The molecule has 0 aromatic heterocycles. The van der Waals surface area contributed by atoms with Gasteiger partial charge in [0, 0.05) is 6.54 Å². The summed E-state index contributed by atoms with van der Waals surface area (Å²) in [5.74, 6) is 0.921. The molecule has 0 aliphatic carbocycles. The third-order valence-electron chi connectivity index (χ3n) is 4.22. The summed E-state index contributed by atoms with van der Waals surface area (Å²) in [6.45, 7) is 5.50. The van der Waals surface area contributed by atoms with E-state index >= 15 is 0 Å². The Kier molecular flexibility index (Phi) is 8.07. The van der Waals surface area contributed by atoms with Crippen molar-refractivity contribution in [3.05, 3.63) is 54.3 Å². The molecule has 0 bridgehead atoms. The predicted molar refractivity (Wildman–Crippen MR) is 105 cm³/mol. The second-order valence-corrected chi connectivity index (χ2v) is 6.23. The molecule has 0 heterocycles. The summed E-state index contributed by atoms with van der Waals surface area (Å²) in [4.78, 5) is 14.5. The SMILES string of the molecule is CCOc1ccccc1NC(=O)C(C)N(C)CCCOc1ccc(F)cc1. The van der Waals surface area contributed by atoms with Crippen LogP contribution in [-0.4, -0.2) is 43.7 Å². The molecule has 2 aromatic carbocycles. The number of nitrogens with zero attached hydrogens (tertiary/aromatic N) is 1. The Morgan fingerprint density at radius 2 is 1.85 bits per heavy atom. The number of carbonyl (C=O) groups is 1. The van der Waals surface area contributed by atoms with Crippen molar-refractivity contribution < 1.29 is 18.7 Å². The number of anilines is 1. The Morgan fingerprint density at radius 3 is 2.56 bits per heavy atom. The van der Waals surface area contributed by atoms with Crippen molar-refractivity contribution in [1.82, 2.24) is 4.90 Å². The Labute approximate surface area is 160 Å². The maximum absolute atomic E-state index is 12.9. The molecule has 1 N–H and O–H groups in total. The van der Waals surface area contributed by atoms with Crippen LogP contribution in [0.2, 0.25) is 0 Å². The summed E-state index contributed by atoms with van der Waals surface area (Å²) in [6, 6.07) is 13.0. The minimum absolute atomic E-state index is 0.0934. The van der Waals surface area contributed by atoms with E-state index in [2.05, 4.69) is 5.32 Å². The molecule has 1 atom stereocenters. The largest absolute Gasteiger partial charge is 0.494 e. The second kappa shape index (κ2) is 10.5. The molecule has 0 saturated heterocycles. The molecule has 146 valence electrons. The lowest BCUT2D eigenvalue weighted by Crippen LogP contribution is -2.40. The van der Waals surface area contributed by atoms with E-state index in [1.165, 1.54) is 12.1 Å². The zero-order valence-electron chi connectivity index (χ0n) is 16.1. The summed E-state index contributed by atoms with van der Waals surface area (Å²) >= 11 is 0. The van der Waals surface area contributed by atoms with Crippen molar-refractivity contribution in [2.45, 2.75) is 26.3 Å². The molecule has 0 aliphatic rings. The van der Waals surface area contributed by atoms with Crippen molar-refractivity contribution in [3.63, 3.8) is 0 Å². The fourth-order valence-corrected chi connectivity index (χ4v) is 2.52. The van der Waals surface area contributed by atoms with Gasteiger partial charge in [-0.15, -0.1) is 0 Å². The van der Waals surface area contributed by atoms with Crippen molar-refractivity contribution in [2.75, 3.05) is 32.1 Å². The molecule has 1 amide bonds. The number of hydrogen-bond acceptors (Lipinski definition) is 4. The Hall–Kier alpha value is -2.60. The van der Waals surface area contributed by atoms with E-state index < -0.39 is 0 Å². The summed E-state index contributed by atoms with van der Waals surface area (Å²) in [5.41, 5.74) is 0.671. The minimum atomic E-state index is -0.300. The normalized spacial score (nSPS) is 11.9. The van der Waals surface area contributed by atoms with Crippen molar-refractivity contribution in [3.8, 4) is 11.5 Å². The van der Waals surface area contributed by atoms with Crippen LogP contribution < -0.4 is 14.8 Å². The van der Waals surface area contributed by atoms with Gasteiger partial charge in [0.25, 0.3) is 0 Å². The van der Waals surface area contributed by atoms with Gasteiger partial charge in [-0.1, -0.05) is 12.1 Å². The van der Waals surface area contributed by atoms with E-state index in [1.54, 1.807) is 12.1 Å². The monoisotopic (exact) mass is 374 g/mol. The molecule has 1 unspecified atom stereocenters. The van der Waals surface area contributed by atoms with Crippen LogP contribution in [-0.2, 0) is 4.79 Å². The molecule has 2 rings (SSSR count). The number of amides is 1. The fourth-order valence-electron chi connectivity index (χ4n) is 2.52. The van der Waals surface area contributed by atoms with Gasteiger partial charge in [-0.3, -0.25) is 9.69 Å². The molecule has 0 spiro atoms. The van der Waals surface area contributed by atoms with E-state index in [9.17, 15) is 9.18 Å². The Bertz CT molecular complexity index is 722. The van der Waals surface area contributed by atoms with Gasteiger partial charge in [0.15, 0.2) is 0 Å². The first-order valence-corrected chi connectivity index (χ1v) is 9.12. The van der Waals surface area contributed by atoms with Gasteiger partial charge >= 0.3 is 0 Å². The zero-order chi connectivity index (χ0) is 19.6. The molecule has 0 saturated carbocycles. The van der Waals surface area contributed by atoms with Crippen LogP contribution in [0.4, 0.5) is 10.1 Å². The number of rotatable bonds is 10. The lowest BCUT2D eigenvalue weighted by atomic mass is 10.2. The van der Waals surface area contributed by atoms with Gasteiger partial charge in [-0.2, -0.15) is 0 Å². The smallest absolute Gasteiger partial charge is 0.241 e. The number of ether oxygens (including phenoxy) is 2. The van der Waals surface area contributed by atoms with Crippen LogP contribution in [0.15, 0.2) is 48.5 Å². The lowest BCUT2D eigenvalue weighted by Gasteiger charge is -2.24. The fraction of sp³-hybridized carbons (Fsp3) is 0.381. The van der Waals surface area contributed by atoms with Crippen LogP contribution in [0, 0.1) is 5.82 Å². The highest BCUT2D eigenvalue weighted by atomic mass is 19.1. The maximum Gasteiger partial charge on any atom is 0.241 e. The number of hydrogen-bond donors (Lipinski definition) is 1. The molecule has 0 fully saturated rings. The van der Waals surface area contributed by atoms with Gasteiger partial charge in [0.2, 0.25) is 5.91 Å². The number of carbonyl (C=O) groups excluding carboxylic acids is 1. The average molecular weight is 374 g/mol. The van der Waals surface area contributed by atoms with Crippen LogP contribution in [0.3, 0.4) is 0 Å². The molecule has 0 radical (unpaired) electrons. The average Bonchev–Trinajstić information content (AvgIpc) is 2.67. The van der Waals surface area contributed by atoms with Crippen molar-refractivity contribution in [2.24, 2.45) is 0 Å². The number of nitrogens with one attached hydrogen (secondary N) is 1. The highest BCUT2D eigenvalue weighted by Crippen LogP contribution is 2.24. The van der Waals surface area contributed by atoms with Crippen LogP contribution in [0.5, 0.6) is 11.5 Å². The van der Waals surface area contributed by atoms with Crippen molar-refractivity contribution >= 4 is 11.6 Å². The maximum atomic E-state index is 12.9. The van der Waals surface area contributed by atoms with E-state index in [0.29, 0.717) is 36.9 Å². The van der Waals surface area contributed by atoms with Crippen LogP contribution >= 0.6 is 0 Å². The van der Waals surface area contributed by atoms with E-state index in [-0.39, 0.29) is 17.8 Å². The summed E-state index contributed by atoms with van der Waals surface area (Å²) in [6.07, 6.45) is 0.751. The molecule has 5 nitrogen and oxygen atoms in total. The summed E-state index contributed by atoms with van der Waals surface area (Å²) in [7, 11) is 1.90. The summed E-state index contributed by atoms with van der Waals surface area (Å²) in [5, 5.41) is 2.93. The number of para-hydroxylation sites is 2. The number of likely N-dealkylation sites (N-methyl/N-ethyl adjacent to an activating group) is 1. The van der Waals surface area contributed by atoms with Crippen LogP contribution in [0.25, 0.3) is 0 Å². The highest BCUT2D eigenvalue weighted by molar-refractivity contribution is 5.95. The van der Waals surface area contributed by atoms with Crippen LogP contribution in [0.1, 0.15) is 20.3 Å². The quantitative estimate of drug-likeness (QED) is 0.640. The predicted octanol–water partition coefficient (Wildman–Crippen LogP) is 3.95. The first-order valence-electron chi connectivity index (χ1n) is 9.12. The van der Waals surface area contributed by atoms with Gasteiger partial charge in [-0.25, -0.2) is 4.39 Å². The third-order valence-corrected chi connectivity index (χ3v) is 4.22. The number of benzene rings is 2. The van der Waals surface area contributed by atoms with Crippen molar-refractivity contribution in [1.29, 1.82) is 0 Å². The topological polar surface area (TPSA) is 50.8 Å². The van der Waals surface area contributed by atoms with Gasteiger partial charge in [-0.05, 0) is 63.7 Å². The van der Waals surface area contributed by atoms with E-state index in [1.807, 2.05) is 50.1 Å². The standard InChI is InChI=1S/C21H27FN2O3/c1-4-26-20-9-6-5-8-19(20)23-21(25)16(2)24(3)14-7-15-27-18-12-10-17(22)11-13-18/h5-6,8-13,16H,4,7,14-15H2,1-3H3,(H,23,25). The Balaban J connectivity index is 1.77. The first kappa shape index (κ1) is 20.7. The number of halogens is 1. The third kappa shape index (κ3) is 6.57. The summed E-state index contributed by atoms with van der Waals surface area (Å²) < 4.78 is 24.0. The molecule has 6 heteroatoms. The molecule has 2 aromatic rings. The zero-order valence-corrected chi connectivity index (χ0v) is 16.1. The second-order valence-electron chi connectivity index (χ2n) is 6.23. The molecule has 27 heavy (non-hydrogen) atoms. The van der Waals surface area contributed by atoms with E-state index in [4.69, 9.17) is 9.47 Å². The highest BCUT2D eigenvalue weighted by Gasteiger charge is 2.19. The molecular formula is C21H27FN2O3. The molecular weight excluding hydrogens is 347 g/mol. The lowest BCUT2D eigenvalue weighted by molar-refractivity contribution is -0.120. The van der Waals surface area contributed by atoms with Gasteiger partial charge in [0.05, 0.1) is 24.9 Å². The van der Waals surface area contributed by atoms with Gasteiger partial charge < -0.3 is 14.8 Å². The minimum Gasteiger partial charge on any atom is -0.494 e. The molecule has 0 aliphatic heterocycles. The van der Waals surface area contributed by atoms with Gasteiger partial charge in [0.1, 0.15) is 17.3 Å².